The highest BCUT2D eigenvalue weighted by Crippen LogP contribution is 2.19. The first-order valence-electron chi connectivity index (χ1n) is 4.52. The number of halogens is 2. The molecule has 0 radical (unpaired) electrons. The summed E-state index contributed by atoms with van der Waals surface area (Å²) >= 11 is 0. The summed E-state index contributed by atoms with van der Waals surface area (Å²) in [7, 11) is 0. The third-order valence-corrected chi connectivity index (χ3v) is 1.96. The van der Waals surface area contributed by atoms with Crippen LogP contribution in [0, 0.1) is 6.92 Å². The fourth-order valence-electron chi connectivity index (χ4n) is 1.32. The van der Waals surface area contributed by atoms with E-state index >= 15 is 0 Å². The first-order chi connectivity index (χ1) is 7.56. The molecule has 0 bridgehead atoms. The average Bonchev–Trinajstić information content (AvgIpc) is 2.57. The topological polar surface area (TPSA) is 55.1 Å². The number of aromatic nitrogens is 1. The van der Waals surface area contributed by atoms with Crippen molar-refractivity contribution < 1.29 is 18.0 Å². The summed E-state index contributed by atoms with van der Waals surface area (Å²) in [5.74, 6) is -0.855. The lowest BCUT2D eigenvalue weighted by atomic mass is 10.3. The van der Waals surface area contributed by atoms with E-state index < -0.39 is 12.3 Å². The third kappa shape index (κ3) is 2.00. The van der Waals surface area contributed by atoms with Crippen LogP contribution in [0.1, 0.15) is 5.89 Å². The van der Waals surface area contributed by atoms with Crippen LogP contribution in [0.4, 0.5) is 14.5 Å². The van der Waals surface area contributed by atoms with E-state index in [0.717, 1.165) is 0 Å². The summed E-state index contributed by atoms with van der Waals surface area (Å²) in [4.78, 5) is 14.8. The smallest absolute Gasteiger partial charge is 0.315 e. The molecule has 2 rings (SSSR count). The lowest BCUT2D eigenvalue weighted by molar-refractivity contribution is -0.126. The molecule has 1 heterocycles. The Morgan fingerprint density at radius 1 is 1.50 bits per heavy atom. The minimum absolute atomic E-state index is 0.270. The highest BCUT2D eigenvalue weighted by atomic mass is 19.3. The van der Waals surface area contributed by atoms with Crippen molar-refractivity contribution in [2.24, 2.45) is 0 Å². The van der Waals surface area contributed by atoms with Gasteiger partial charge in [-0.15, -0.1) is 0 Å². The van der Waals surface area contributed by atoms with E-state index in [1.54, 1.807) is 13.0 Å². The maximum atomic E-state index is 12.0. The molecular formula is C10H8F2N2O2. The summed E-state index contributed by atoms with van der Waals surface area (Å²) in [6.45, 7) is 1.68. The van der Waals surface area contributed by atoms with Gasteiger partial charge in [0.25, 0.3) is 5.91 Å². The van der Waals surface area contributed by atoms with Gasteiger partial charge in [-0.2, -0.15) is 8.78 Å². The SMILES string of the molecule is Cc1nc2cc(NC(=O)C(F)F)ccc2o1. The number of alkyl halides is 2. The van der Waals surface area contributed by atoms with E-state index in [2.05, 4.69) is 10.3 Å². The Balaban J connectivity index is 2.29. The van der Waals surface area contributed by atoms with Crippen LogP contribution in [0.15, 0.2) is 22.6 Å². The van der Waals surface area contributed by atoms with Gasteiger partial charge < -0.3 is 9.73 Å². The van der Waals surface area contributed by atoms with Crippen molar-refractivity contribution in [3.8, 4) is 0 Å². The lowest BCUT2D eigenvalue weighted by Crippen LogP contribution is -2.19. The second-order valence-corrected chi connectivity index (χ2v) is 3.21. The van der Waals surface area contributed by atoms with Crippen LogP contribution in [0.5, 0.6) is 0 Å². The van der Waals surface area contributed by atoms with Crippen molar-refractivity contribution in [1.29, 1.82) is 0 Å². The average molecular weight is 226 g/mol. The number of rotatable bonds is 2. The summed E-state index contributed by atoms with van der Waals surface area (Å²) in [5, 5.41) is 2.07. The molecule has 6 heteroatoms. The lowest BCUT2D eigenvalue weighted by Gasteiger charge is -2.02. The van der Waals surface area contributed by atoms with Crippen molar-refractivity contribution in [3.63, 3.8) is 0 Å². The molecule has 84 valence electrons. The predicted octanol–water partition coefficient (Wildman–Crippen LogP) is 2.34. The summed E-state index contributed by atoms with van der Waals surface area (Å²) in [6.07, 6.45) is -3.03. The van der Waals surface area contributed by atoms with Gasteiger partial charge in [-0.1, -0.05) is 0 Å². The van der Waals surface area contributed by atoms with Gasteiger partial charge in [-0.25, -0.2) is 4.98 Å². The van der Waals surface area contributed by atoms with Gasteiger partial charge in [0.2, 0.25) is 0 Å². The Bertz CT molecular complexity index is 537. The first kappa shape index (κ1) is 10.5. The summed E-state index contributed by atoms with van der Waals surface area (Å²) < 4.78 is 29.2. The van der Waals surface area contributed by atoms with Crippen LogP contribution in [-0.2, 0) is 4.79 Å². The molecule has 16 heavy (non-hydrogen) atoms. The molecule has 0 saturated carbocycles. The third-order valence-electron chi connectivity index (χ3n) is 1.96. The number of nitrogens with zero attached hydrogens (tertiary/aromatic N) is 1. The van der Waals surface area contributed by atoms with E-state index in [1.807, 2.05) is 0 Å². The maximum Gasteiger partial charge on any atom is 0.315 e. The minimum atomic E-state index is -3.03. The number of oxazole rings is 1. The maximum absolute atomic E-state index is 12.0. The Hall–Kier alpha value is -1.98. The molecule has 4 nitrogen and oxygen atoms in total. The molecule has 0 unspecified atom stereocenters. The summed E-state index contributed by atoms with van der Waals surface area (Å²) in [5.41, 5.74) is 1.34. The molecule has 1 aromatic carbocycles. The number of nitrogens with one attached hydrogen (secondary N) is 1. The molecule has 0 aliphatic heterocycles. The normalized spacial score (nSPS) is 11.0. The number of aryl methyl sites for hydroxylation is 1. The van der Waals surface area contributed by atoms with Crippen LogP contribution in [0.2, 0.25) is 0 Å². The Kier molecular flexibility index (Phi) is 2.55. The van der Waals surface area contributed by atoms with Gasteiger partial charge in [0.1, 0.15) is 5.52 Å². The molecule has 1 amide bonds. The molecule has 0 saturated heterocycles. The highest BCUT2D eigenvalue weighted by Gasteiger charge is 2.15. The zero-order chi connectivity index (χ0) is 11.7. The number of anilines is 1. The molecule has 0 aliphatic rings. The minimum Gasteiger partial charge on any atom is -0.441 e. The second kappa shape index (κ2) is 3.88. The van der Waals surface area contributed by atoms with Crippen molar-refractivity contribution in [2.45, 2.75) is 13.3 Å². The van der Waals surface area contributed by atoms with Crippen LogP contribution in [0.3, 0.4) is 0 Å². The van der Waals surface area contributed by atoms with Gasteiger partial charge >= 0.3 is 6.43 Å². The quantitative estimate of drug-likeness (QED) is 0.855. The van der Waals surface area contributed by atoms with E-state index in [1.165, 1.54) is 12.1 Å². The first-order valence-corrected chi connectivity index (χ1v) is 4.52. The molecule has 1 N–H and O–H groups in total. The molecular weight excluding hydrogens is 218 g/mol. The van der Waals surface area contributed by atoms with Crippen LogP contribution in [0.25, 0.3) is 11.1 Å². The van der Waals surface area contributed by atoms with Crippen LogP contribution in [-0.4, -0.2) is 17.3 Å². The Morgan fingerprint density at radius 3 is 2.94 bits per heavy atom. The Labute approximate surface area is 89.3 Å². The van der Waals surface area contributed by atoms with Gasteiger partial charge in [0.05, 0.1) is 0 Å². The zero-order valence-corrected chi connectivity index (χ0v) is 8.33. The number of amides is 1. The summed E-state index contributed by atoms with van der Waals surface area (Å²) in [6, 6.07) is 4.52. The largest absolute Gasteiger partial charge is 0.441 e. The van der Waals surface area contributed by atoms with Gasteiger partial charge in [-0.05, 0) is 18.2 Å². The number of hydrogen-bond donors (Lipinski definition) is 1. The standard InChI is InChI=1S/C10H8F2N2O2/c1-5-13-7-4-6(2-3-8(7)16-5)14-10(15)9(11)12/h2-4,9H,1H3,(H,14,15). The number of benzene rings is 1. The van der Waals surface area contributed by atoms with Gasteiger partial charge in [-0.3, -0.25) is 4.79 Å². The van der Waals surface area contributed by atoms with Gasteiger partial charge in [0.15, 0.2) is 11.5 Å². The van der Waals surface area contributed by atoms with Gasteiger partial charge in [0, 0.05) is 12.6 Å². The van der Waals surface area contributed by atoms with E-state index in [-0.39, 0.29) is 5.69 Å². The molecule has 1 aromatic heterocycles. The number of carbonyl (C=O) groups is 1. The zero-order valence-electron chi connectivity index (χ0n) is 8.33. The van der Waals surface area contributed by atoms with E-state index in [0.29, 0.717) is 17.0 Å². The Morgan fingerprint density at radius 2 is 2.25 bits per heavy atom. The monoisotopic (exact) mass is 226 g/mol. The molecule has 0 spiro atoms. The number of carbonyl (C=O) groups excluding carboxylic acids is 1. The fraction of sp³-hybridized carbons (Fsp3) is 0.200. The van der Waals surface area contributed by atoms with Crippen LogP contribution < -0.4 is 5.32 Å². The molecule has 0 atom stereocenters. The second-order valence-electron chi connectivity index (χ2n) is 3.21. The number of fused-ring (bicyclic) bond motifs is 1. The van der Waals surface area contributed by atoms with Crippen molar-refractivity contribution >= 4 is 22.7 Å². The fourth-order valence-corrected chi connectivity index (χ4v) is 1.32. The van der Waals surface area contributed by atoms with Crippen molar-refractivity contribution in [1.82, 2.24) is 4.98 Å². The van der Waals surface area contributed by atoms with E-state index in [4.69, 9.17) is 4.42 Å². The highest BCUT2D eigenvalue weighted by molar-refractivity contribution is 5.94. The molecule has 0 aliphatic carbocycles. The number of hydrogen-bond acceptors (Lipinski definition) is 3. The van der Waals surface area contributed by atoms with E-state index in [9.17, 15) is 13.6 Å². The van der Waals surface area contributed by atoms with Crippen LogP contribution >= 0.6 is 0 Å². The van der Waals surface area contributed by atoms with Crippen molar-refractivity contribution in [2.75, 3.05) is 5.32 Å². The predicted molar refractivity (Wildman–Crippen MR) is 53.4 cm³/mol. The van der Waals surface area contributed by atoms with Crippen molar-refractivity contribution in [3.05, 3.63) is 24.1 Å². The molecule has 0 fully saturated rings. The molecule has 2 aromatic rings.